The molecule has 1 amide bonds. The molecule has 78 valence electrons. The average Bonchev–Trinajstić information content (AvgIpc) is 2.46. The highest BCUT2D eigenvalue weighted by Crippen LogP contribution is 2.35. The maximum Gasteiger partial charge on any atom is 0.299 e. The van der Waals surface area contributed by atoms with Gasteiger partial charge in [-0.3, -0.25) is 9.59 Å². The number of β-amino-alcohol motifs (C(OH)–C–C–N with tert-alkyl or cyclic N) is 1. The number of benzene rings is 1. The second-order valence-electron chi connectivity index (χ2n) is 3.15. The fourth-order valence-electron chi connectivity index (χ4n) is 1.63. The van der Waals surface area contributed by atoms with Gasteiger partial charge in [0.1, 0.15) is 0 Å². The van der Waals surface area contributed by atoms with E-state index in [9.17, 15) is 9.59 Å². The van der Waals surface area contributed by atoms with Gasteiger partial charge in [0, 0.05) is 11.0 Å². The molecule has 5 heteroatoms. The topological polar surface area (TPSA) is 57.6 Å². The van der Waals surface area contributed by atoms with E-state index in [0.717, 1.165) is 0 Å². The number of carbonyl (C=O) groups is 2. The average molecular weight is 270 g/mol. The smallest absolute Gasteiger partial charge is 0.299 e. The van der Waals surface area contributed by atoms with Crippen LogP contribution in [-0.2, 0) is 4.79 Å². The zero-order valence-electron chi connectivity index (χ0n) is 7.74. The SMILES string of the molecule is O=C1C(=O)N(CCO)c2c(Br)cccc21. The summed E-state index contributed by atoms with van der Waals surface area (Å²) in [5.74, 6) is -1.09. The first kappa shape index (κ1) is 10.3. The van der Waals surface area contributed by atoms with Gasteiger partial charge in [0.25, 0.3) is 11.7 Å². The first-order valence-electron chi connectivity index (χ1n) is 4.42. The summed E-state index contributed by atoms with van der Waals surface area (Å²) in [6, 6.07) is 5.07. The van der Waals surface area contributed by atoms with E-state index >= 15 is 0 Å². The lowest BCUT2D eigenvalue weighted by Crippen LogP contribution is -2.32. The van der Waals surface area contributed by atoms with Crippen molar-refractivity contribution in [3.63, 3.8) is 0 Å². The van der Waals surface area contributed by atoms with Crippen molar-refractivity contribution in [1.29, 1.82) is 0 Å². The molecule has 0 atom stereocenters. The van der Waals surface area contributed by atoms with Gasteiger partial charge in [0.05, 0.1) is 17.9 Å². The van der Waals surface area contributed by atoms with Crippen LogP contribution in [0.3, 0.4) is 0 Å². The van der Waals surface area contributed by atoms with Crippen LogP contribution in [0.2, 0.25) is 0 Å². The summed E-state index contributed by atoms with van der Waals surface area (Å²) in [6.07, 6.45) is 0. The zero-order valence-corrected chi connectivity index (χ0v) is 9.32. The molecule has 0 saturated heterocycles. The molecule has 1 aliphatic heterocycles. The van der Waals surface area contributed by atoms with Gasteiger partial charge in [-0.2, -0.15) is 0 Å². The lowest BCUT2D eigenvalue weighted by Gasteiger charge is -2.15. The number of aliphatic hydroxyl groups excluding tert-OH is 1. The second kappa shape index (κ2) is 3.75. The number of hydrogen-bond acceptors (Lipinski definition) is 3. The van der Waals surface area contributed by atoms with Gasteiger partial charge >= 0.3 is 0 Å². The minimum Gasteiger partial charge on any atom is -0.395 e. The quantitative estimate of drug-likeness (QED) is 0.815. The second-order valence-corrected chi connectivity index (χ2v) is 4.00. The number of amides is 1. The largest absolute Gasteiger partial charge is 0.395 e. The number of rotatable bonds is 2. The van der Waals surface area contributed by atoms with Gasteiger partial charge in [-0.15, -0.1) is 0 Å². The summed E-state index contributed by atoms with van der Waals surface area (Å²) in [4.78, 5) is 24.4. The highest BCUT2D eigenvalue weighted by molar-refractivity contribution is 9.10. The van der Waals surface area contributed by atoms with Crippen LogP contribution in [-0.4, -0.2) is 29.9 Å². The summed E-state index contributed by atoms with van der Waals surface area (Å²) in [5, 5.41) is 8.83. The molecule has 2 rings (SSSR count). The van der Waals surface area contributed by atoms with Crippen LogP contribution < -0.4 is 4.90 Å². The number of hydrogen-bond donors (Lipinski definition) is 1. The summed E-state index contributed by atoms with van der Waals surface area (Å²) >= 11 is 3.28. The van der Waals surface area contributed by atoms with Gasteiger partial charge in [0.2, 0.25) is 0 Å². The Morgan fingerprint density at radius 1 is 1.33 bits per heavy atom. The van der Waals surface area contributed by atoms with Gasteiger partial charge in [-0.1, -0.05) is 6.07 Å². The number of fused-ring (bicyclic) bond motifs is 1. The number of ketones is 1. The van der Waals surface area contributed by atoms with Crippen molar-refractivity contribution < 1.29 is 14.7 Å². The molecular weight excluding hydrogens is 262 g/mol. The third kappa shape index (κ3) is 1.48. The van der Waals surface area contributed by atoms with Gasteiger partial charge in [-0.25, -0.2) is 0 Å². The Kier molecular flexibility index (Phi) is 2.58. The highest BCUT2D eigenvalue weighted by atomic mass is 79.9. The lowest BCUT2D eigenvalue weighted by atomic mass is 10.1. The molecule has 0 saturated carbocycles. The van der Waals surface area contributed by atoms with E-state index in [4.69, 9.17) is 5.11 Å². The van der Waals surface area contributed by atoms with E-state index in [2.05, 4.69) is 15.9 Å². The number of aliphatic hydroxyl groups is 1. The van der Waals surface area contributed by atoms with Gasteiger partial charge in [-0.05, 0) is 28.1 Å². The molecule has 1 aromatic rings. The first-order chi connectivity index (χ1) is 7.16. The Hall–Kier alpha value is -1.20. The third-order valence-electron chi connectivity index (χ3n) is 2.26. The van der Waals surface area contributed by atoms with Crippen molar-refractivity contribution in [2.24, 2.45) is 0 Å². The molecule has 0 radical (unpaired) electrons. The highest BCUT2D eigenvalue weighted by Gasteiger charge is 2.36. The fraction of sp³-hybridized carbons (Fsp3) is 0.200. The van der Waals surface area contributed by atoms with Crippen molar-refractivity contribution in [2.45, 2.75) is 0 Å². The molecule has 15 heavy (non-hydrogen) atoms. The van der Waals surface area contributed by atoms with Crippen LogP contribution in [0.15, 0.2) is 22.7 Å². The van der Waals surface area contributed by atoms with Crippen LogP contribution in [0, 0.1) is 0 Å². The van der Waals surface area contributed by atoms with Crippen LogP contribution in [0.5, 0.6) is 0 Å². The molecule has 0 fully saturated rings. The van der Waals surface area contributed by atoms with Gasteiger partial charge in [0.15, 0.2) is 0 Å². The summed E-state index contributed by atoms with van der Waals surface area (Å²) in [5.41, 5.74) is 0.948. The molecule has 1 N–H and O–H groups in total. The van der Waals surface area contributed by atoms with E-state index in [1.54, 1.807) is 18.2 Å². The predicted octanol–water partition coefficient (Wildman–Crippen LogP) is 0.971. The summed E-state index contributed by atoms with van der Waals surface area (Å²) in [6.45, 7) is -0.0278. The van der Waals surface area contributed by atoms with Crippen molar-refractivity contribution >= 4 is 33.3 Å². The molecule has 1 aromatic carbocycles. The summed E-state index contributed by atoms with van der Waals surface area (Å²) in [7, 11) is 0. The fourth-order valence-corrected chi connectivity index (χ4v) is 2.21. The molecular formula is C10H8BrNO3. The molecule has 0 aliphatic carbocycles. The van der Waals surface area contributed by atoms with Crippen molar-refractivity contribution in [3.8, 4) is 0 Å². The van der Waals surface area contributed by atoms with E-state index < -0.39 is 11.7 Å². The number of nitrogens with zero attached hydrogens (tertiary/aromatic N) is 1. The standard InChI is InChI=1S/C10H8BrNO3/c11-7-3-1-2-6-8(7)12(4-5-13)10(15)9(6)14/h1-3,13H,4-5H2. The normalized spacial score (nSPS) is 14.7. The van der Waals surface area contributed by atoms with Crippen LogP contribution in [0.4, 0.5) is 5.69 Å². The molecule has 4 nitrogen and oxygen atoms in total. The molecule has 0 bridgehead atoms. The van der Waals surface area contributed by atoms with E-state index in [-0.39, 0.29) is 13.2 Å². The maximum absolute atomic E-state index is 11.5. The predicted molar refractivity (Wildman–Crippen MR) is 57.9 cm³/mol. The Bertz CT molecular complexity index is 444. The minimum absolute atomic E-state index is 0.139. The van der Waals surface area contributed by atoms with E-state index in [1.807, 2.05) is 0 Å². The maximum atomic E-state index is 11.5. The van der Waals surface area contributed by atoms with Gasteiger partial charge < -0.3 is 10.0 Å². The van der Waals surface area contributed by atoms with Crippen molar-refractivity contribution in [2.75, 3.05) is 18.1 Å². The number of Topliss-reactive ketones (excluding diaryl/α,β-unsaturated/α-hetero) is 1. The third-order valence-corrected chi connectivity index (χ3v) is 2.90. The Morgan fingerprint density at radius 2 is 2.07 bits per heavy atom. The molecule has 1 aliphatic rings. The monoisotopic (exact) mass is 269 g/mol. The van der Waals surface area contributed by atoms with Crippen molar-refractivity contribution in [3.05, 3.63) is 28.2 Å². The van der Waals surface area contributed by atoms with E-state index in [0.29, 0.717) is 15.7 Å². The Labute approximate surface area is 94.6 Å². The summed E-state index contributed by atoms with van der Waals surface area (Å²) < 4.78 is 0.688. The van der Waals surface area contributed by atoms with Crippen LogP contribution >= 0.6 is 15.9 Å². The first-order valence-corrected chi connectivity index (χ1v) is 5.21. The van der Waals surface area contributed by atoms with Crippen LogP contribution in [0.1, 0.15) is 10.4 Å². The molecule has 1 heterocycles. The number of para-hydroxylation sites is 1. The Balaban J connectivity index is 2.56. The number of carbonyl (C=O) groups excluding carboxylic acids is 2. The van der Waals surface area contributed by atoms with Crippen molar-refractivity contribution in [1.82, 2.24) is 0 Å². The lowest BCUT2D eigenvalue weighted by molar-refractivity contribution is -0.114. The van der Waals surface area contributed by atoms with E-state index in [1.165, 1.54) is 4.90 Å². The minimum atomic E-state index is -0.578. The zero-order chi connectivity index (χ0) is 11.0. The molecule has 0 spiro atoms. The molecule has 0 unspecified atom stereocenters. The Morgan fingerprint density at radius 3 is 2.73 bits per heavy atom. The number of halogens is 1. The molecule has 0 aromatic heterocycles. The van der Waals surface area contributed by atoms with Crippen LogP contribution in [0.25, 0.3) is 0 Å². The number of anilines is 1.